The minimum absolute atomic E-state index is 0.139. The van der Waals surface area contributed by atoms with E-state index < -0.39 is 29.7 Å². The van der Waals surface area contributed by atoms with E-state index in [1.807, 2.05) is 0 Å². The zero-order chi connectivity index (χ0) is 22.5. The number of halogens is 3. The number of carbonyl (C=O) groups is 3. The maximum Gasteiger partial charge on any atom is 0.263 e. The maximum absolute atomic E-state index is 13.3. The van der Waals surface area contributed by atoms with Crippen LogP contribution in [0.15, 0.2) is 42.5 Å². The summed E-state index contributed by atoms with van der Waals surface area (Å²) < 4.78 is 13.3. The summed E-state index contributed by atoms with van der Waals surface area (Å²) in [5.41, 5.74) is 5.86. The molecule has 2 aromatic rings. The highest BCUT2D eigenvalue weighted by atomic mass is 35.5. The molecule has 1 heterocycles. The van der Waals surface area contributed by atoms with Gasteiger partial charge in [-0.1, -0.05) is 23.2 Å². The first-order valence-electron chi connectivity index (χ1n) is 9.64. The van der Waals surface area contributed by atoms with E-state index >= 15 is 0 Å². The SMILES string of the molecule is NCCNC(=O)C1N(C(=O)c2ccc(F)cc2)CCCN1C(=O)c1ccc(Cl)cc1Cl. The van der Waals surface area contributed by atoms with Crippen molar-refractivity contribution < 1.29 is 18.8 Å². The molecule has 0 spiro atoms. The van der Waals surface area contributed by atoms with E-state index in [-0.39, 0.29) is 42.3 Å². The van der Waals surface area contributed by atoms with Crippen LogP contribution in [0.1, 0.15) is 27.1 Å². The highest BCUT2D eigenvalue weighted by Gasteiger charge is 2.41. The Hall–Kier alpha value is -2.68. The topological polar surface area (TPSA) is 95.7 Å². The lowest BCUT2D eigenvalue weighted by atomic mass is 10.1. The van der Waals surface area contributed by atoms with E-state index in [2.05, 4.69) is 5.32 Å². The molecule has 10 heteroatoms. The van der Waals surface area contributed by atoms with Gasteiger partial charge in [-0.25, -0.2) is 4.39 Å². The van der Waals surface area contributed by atoms with Crippen molar-refractivity contribution in [2.45, 2.75) is 12.6 Å². The Morgan fingerprint density at radius 3 is 2.29 bits per heavy atom. The summed E-state index contributed by atoms with van der Waals surface area (Å²) in [5, 5.41) is 3.15. The van der Waals surface area contributed by atoms with Crippen LogP contribution < -0.4 is 11.1 Å². The monoisotopic (exact) mass is 466 g/mol. The number of hydrogen-bond donors (Lipinski definition) is 2. The summed E-state index contributed by atoms with van der Waals surface area (Å²) in [5.74, 6) is -2.03. The molecule has 1 fully saturated rings. The van der Waals surface area contributed by atoms with Crippen LogP contribution in [0.25, 0.3) is 0 Å². The van der Waals surface area contributed by atoms with Gasteiger partial charge in [0.1, 0.15) is 5.82 Å². The van der Waals surface area contributed by atoms with Crippen molar-refractivity contribution in [3.8, 4) is 0 Å². The third-order valence-electron chi connectivity index (χ3n) is 4.84. The van der Waals surface area contributed by atoms with Crippen LogP contribution in [-0.4, -0.2) is 59.9 Å². The number of hydrogen-bond acceptors (Lipinski definition) is 4. The Labute approximate surface area is 188 Å². The van der Waals surface area contributed by atoms with Crippen LogP contribution >= 0.6 is 23.2 Å². The van der Waals surface area contributed by atoms with Crippen LogP contribution in [0.2, 0.25) is 10.0 Å². The van der Waals surface area contributed by atoms with E-state index in [9.17, 15) is 18.8 Å². The van der Waals surface area contributed by atoms with Crippen LogP contribution in [0.3, 0.4) is 0 Å². The Kier molecular flexibility index (Phi) is 7.48. The number of benzene rings is 2. The molecule has 3 rings (SSSR count). The normalized spacial score (nSPS) is 16.2. The lowest BCUT2D eigenvalue weighted by Gasteiger charge is -2.42. The van der Waals surface area contributed by atoms with Gasteiger partial charge in [-0.15, -0.1) is 0 Å². The molecular weight excluding hydrogens is 446 g/mol. The van der Waals surface area contributed by atoms with Gasteiger partial charge in [0.2, 0.25) is 0 Å². The predicted octanol–water partition coefficient (Wildman–Crippen LogP) is 2.52. The molecule has 3 N–H and O–H groups in total. The Morgan fingerprint density at radius 1 is 1.03 bits per heavy atom. The summed E-state index contributed by atoms with van der Waals surface area (Å²) in [6.07, 6.45) is -0.762. The van der Waals surface area contributed by atoms with Gasteiger partial charge in [-0.3, -0.25) is 14.4 Å². The van der Waals surface area contributed by atoms with E-state index in [0.717, 1.165) is 12.1 Å². The van der Waals surface area contributed by atoms with Gasteiger partial charge < -0.3 is 20.9 Å². The summed E-state index contributed by atoms with van der Waals surface area (Å²) >= 11 is 12.1. The van der Waals surface area contributed by atoms with Gasteiger partial charge in [0, 0.05) is 36.8 Å². The average Bonchev–Trinajstić information content (AvgIpc) is 2.76. The molecule has 31 heavy (non-hydrogen) atoms. The quantitative estimate of drug-likeness (QED) is 0.707. The highest BCUT2D eigenvalue weighted by molar-refractivity contribution is 6.36. The fraction of sp³-hybridized carbons (Fsp3) is 0.286. The third-order valence-corrected chi connectivity index (χ3v) is 5.39. The molecule has 1 unspecified atom stereocenters. The average molecular weight is 467 g/mol. The molecular formula is C21H21Cl2FN4O3. The van der Waals surface area contributed by atoms with Crippen LogP contribution in [0.5, 0.6) is 0 Å². The number of carbonyl (C=O) groups excluding carboxylic acids is 3. The van der Waals surface area contributed by atoms with Gasteiger partial charge in [-0.05, 0) is 48.9 Å². The van der Waals surface area contributed by atoms with Crippen molar-refractivity contribution >= 4 is 40.9 Å². The van der Waals surface area contributed by atoms with Crippen molar-refractivity contribution in [1.29, 1.82) is 0 Å². The molecule has 7 nitrogen and oxygen atoms in total. The van der Waals surface area contributed by atoms with Gasteiger partial charge in [0.05, 0.1) is 10.6 Å². The second kappa shape index (κ2) is 10.1. The molecule has 0 saturated carbocycles. The second-order valence-corrected chi connectivity index (χ2v) is 7.78. The largest absolute Gasteiger partial charge is 0.351 e. The number of nitrogens with zero attached hydrogens (tertiary/aromatic N) is 2. The summed E-state index contributed by atoms with van der Waals surface area (Å²) in [6, 6.07) is 9.43. The maximum atomic E-state index is 13.3. The lowest BCUT2D eigenvalue weighted by molar-refractivity contribution is -0.132. The third kappa shape index (κ3) is 5.15. The molecule has 0 aliphatic carbocycles. The van der Waals surface area contributed by atoms with Crippen molar-refractivity contribution in [1.82, 2.24) is 15.1 Å². The molecule has 1 saturated heterocycles. The van der Waals surface area contributed by atoms with Crippen LogP contribution in [0.4, 0.5) is 4.39 Å². The molecule has 1 aliphatic rings. The van der Waals surface area contributed by atoms with Crippen LogP contribution in [-0.2, 0) is 4.79 Å². The first kappa shape index (κ1) is 23.0. The van der Waals surface area contributed by atoms with E-state index in [1.54, 1.807) is 0 Å². The Morgan fingerprint density at radius 2 is 1.68 bits per heavy atom. The molecule has 1 aliphatic heterocycles. The smallest absolute Gasteiger partial charge is 0.263 e. The lowest BCUT2D eigenvalue weighted by Crippen LogP contribution is -2.63. The van der Waals surface area contributed by atoms with Gasteiger partial charge >= 0.3 is 0 Å². The molecule has 0 radical (unpaired) electrons. The van der Waals surface area contributed by atoms with Crippen molar-refractivity contribution in [2.75, 3.05) is 26.2 Å². The van der Waals surface area contributed by atoms with Crippen molar-refractivity contribution in [2.24, 2.45) is 5.73 Å². The molecule has 3 amide bonds. The number of nitrogens with two attached hydrogens (primary N) is 1. The number of nitrogens with one attached hydrogen (secondary N) is 1. The van der Waals surface area contributed by atoms with E-state index in [1.165, 1.54) is 40.1 Å². The summed E-state index contributed by atoms with van der Waals surface area (Å²) in [7, 11) is 0. The minimum atomic E-state index is -1.21. The van der Waals surface area contributed by atoms with Gasteiger partial charge in [0.25, 0.3) is 17.7 Å². The molecule has 0 aromatic heterocycles. The highest BCUT2D eigenvalue weighted by Crippen LogP contribution is 2.26. The molecule has 164 valence electrons. The minimum Gasteiger partial charge on any atom is -0.351 e. The second-order valence-electron chi connectivity index (χ2n) is 6.94. The zero-order valence-corrected chi connectivity index (χ0v) is 18.0. The number of rotatable bonds is 5. The fourth-order valence-electron chi connectivity index (χ4n) is 3.40. The molecule has 2 aromatic carbocycles. The standard InChI is InChI=1S/C21H21Cl2FN4O3/c22-14-4-7-16(17(23)12-14)21(31)28-11-1-10-27(19(28)18(29)26-9-8-25)20(30)13-2-5-15(24)6-3-13/h2-7,12,19H,1,8-11,25H2,(H,26,29). The predicted molar refractivity (Wildman–Crippen MR) is 115 cm³/mol. The Balaban J connectivity index is 1.96. The van der Waals surface area contributed by atoms with E-state index in [0.29, 0.717) is 11.4 Å². The van der Waals surface area contributed by atoms with E-state index in [4.69, 9.17) is 28.9 Å². The summed E-state index contributed by atoms with van der Waals surface area (Å²) in [6.45, 7) is 0.861. The van der Waals surface area contributed by atoms with Crippen LogP contribution in [0, 0.1) is 5.82 Å². The van der Waals surface area contributed by atoms with Crippen molar-refractivity contribution in [3.63, 3.8) is 0 Å². The molecule has 0 bridgehead atoms. The van der Waals surface area contributed by atoms with Crippen molar-refractivity contribution in [3.05, 3.63) is 69.5 Å². The number of amides is 3. The summed E-state index contributed by atoms with van der Waals surface area (Å²) in [4.78, 5) is 42.0. The van der Waals surface area contributed by atoms with Gasteiger partial charge in [-0.2, -0.15) is 0 Å². The Bertz CT molecular complexity index is 987. The first-order chi connectivity index (χ1) is 14.8. The fourth-order valence-corrected chi connectivity index (χ4v) is 3.88. The van der Waals surface area contributed by atoms with Gasteiger partial charge in [0.15, 0.2) is 6.17 Å². The zero-order valence-electron chi connectivity index (χ0n) is 16.5. The molecule has 1 atom stereocenters. The first-order valence-corrected chi connectivity index (χ1v) is 10.4.